The molecule has 0 spiro atoms. The topological polar surface area (TPSA) is 125 Å². The van der Waals surface area contributed by atoms with Crippen LogP contribution in [0.4, 0.5) is 0 Å². The number of hydrogen-bond acceptors (Lipinski definition) is 6. The molecular weight excluding hydrogens is 404 g/mol. The van der Waals surface area contributed by atoms with E-state index in [0.29, 0.717) is 17.8 Å². The molecular formula is C23H20N8O. The lowest BCUT2D eigenvalue weighted by atomic mass is 10.0. The third-order valence-corrected chi connectivity index (χ3v) is 5.24. The number of H-pyrrole nitrogens is 2. The second-order valence-corrected chi connectivity index (χ2v) is 7.37. The summed E-state index contributed by atoms with van der Waals surface area (Å²) in [5, 5.41) is 17.3. The molecule has 9 heteroatoms. The first kappa shape index (κ1) is 19.6. The van der Waals surface area contributed by atoms with Gasteiger partial charge < -0.3 is 10.3 Å². The fraction of sp³-hybridized carbons (Fsp3) is 0.130. The second kappa shape index (κ2) is 8.76. The maximum absolute atomic E-state index is 13.0. The molecule has 0 aliphatic carbocycles. The minimum absolute atomic E-state index is 0.213. The van der Waals surface area contributed by atoms with Crippen LogP contribution in [-0.4, -0.2) is 41.5 Å². The molecule has 1 atom stereocenters. The highest BCUT2D eigenvalue weighted by molar-refractivity contribution is 5.97. The molecule has 1 unspecified atom stereocenters. The van der Waals surface area contributed by atoms with Crippen molar-refractivity contribution in [3.63, 3.8) is 0 Å². The number of aryl methyl sites for hydroxylation is 1. The fourth-order valence-corrected chi connectivity index (χ4v) is 3.58. The molecule has 3 aromatic heterocycles. The summed E-state index contributed by atoms with van der Waals surface area (Å²) < 4.78 is 0. The van der Waals surface area contributed by atoms with Crippen molar-refractivity contribution in [2.24, 2.45) is 0 Å². The summed E-state index contributed by atoms with van der Waals surface area (Å²) in [5.41, 5.74) is 4.20. The van der Waals surface area contributed by atoms with Gasteiger partial charge in [0.15, 0.2) is 5.82 Å². The lowest BCUT2D eigenvalue weighted by Crippen LogP contribution is -2.29. The number of carbonyl (C=O) groups is 1. The first-order chi connectivity index (χ1) is 15.8. The summed E-state index contributed by atoms with van der Waals surface area (Å²) in [4.78, 5) is 25.0. The largest absolute Gasteiger partial charge is 0.342 e. The van der Waals surface area contributed by atoms with E-state index in [-0.39, 0.29) is 11.9 Å². The van der Waals surface area contributed by atoms with Gasteiger partial charge in [0.25, 0.3) is 5.91 Å². The minimum Gasteiger partial charge on any atom is -0.342 e. The molecule has 0 aliphatic heterocycles. The number of rotatable bonds is 7. The smallest absolute Gasteiger partial charge is 0.251 e. The quantitative estimate of drug-likeness (QED) is 0.368. The van der Waals surface area contributed by atoms with Crippen molar-refractivity contribution in [1.29, 1.82) is 0 Å². The van der Waals surface area contributed by atoms with E-state index in [0.717, 1.165) is 28.8 Å². The third-order valence-electron chi connectivity index (χ3n) is 5.24. The van der Waals surface area contributed by atoms with Crippen molar-refractivity contribution in [2.45, 2.75) is 18.9 Å². The summed E-state index contributed by atoms with van der Waals surface area (Å²) in [6.45, 7) is 0. The predicted octanol–water partition coefficient (Wildman–Crippen LogP) is 3.24. The molecule has 2 aromatic carbocycles. The number of fused-ring (bicyclic) bond motifs is 1. The van der Waals surface area contributed by atoms with Crippen molar-refractivity contribution in [3.8, 4) is 11.4 Å². The van der Waals surface area contributed by atoms with Gasteiger partial charge in [0.05, 0.1) is 17.1 Å². The number of hydrogen-bond donors (Lipinski definition) is 3. The molecule has 0 radical (unpaired) electrons. The van der Waals surface area contributed by atoms with Crippen LogP contribution in [-0.2, 0) is 6.42 Å². The second-order valence-electron chi connectivity index (χ2n) is 7.37. The van der Waals surface area contributed by atoms with Gasteiger partial charge in [-0.1, -0.05) is 35.5 Å². The van der Waals surface area contributed by atoms with Gasteiger partial charge in [-0.25, -0.2) is 4.98 Å². The average molecular weight is 424 g/mol. The van der Waals surface area contributed by atoms with Crippen LogP contribution < -0.4 is 5.32 Å². The molecule has 3 N–H and O–H groups in total. The van der Waals surface area contributed by atoms with E-state index in [1.165, 1.54) is 5.56 Å². The van der Waals surface area contributed by atoms with Gasteiger partial charge in [0, 0.05) is 23.5 Å². The van der Waals surface area contributed by atoms with Crippen LogP contribution in [0, 0.1) is 0 Å². The van der Waals surface area contributed by atoms with Crippen LogP contribution in [0.1, 0.15) is 34.2 Å². The molecule has 0 saturated heterocycles. The predicted molar refractivity (Wildman–Crippen MR) is 118 cm³/mol. The zero-order valence-electron chi connectivity index (χ0n) is 17.1. The molecule has 32 heavy (non-hydrogen) atoms. The van der Waals surface area contributed by atoms with E-state index in [1.807, 2.05) is 36.4 Å². The van der Waals surface area contributed by atoms with Crippen molar-refractivity contribution in [1.82, 2.24) is 40.9 Å². The molecule has 158 valence electrons. The Morgan fingerprint density at radius 2 is 1.88 bits per heavy atom. The highest BCUT2D eigenvalue weighted by Crippen LogP contribution is 2.22. The highest BCUT2D eigenvalue weighted by Gasteiger charge is 2.20. The SMILES string of the molecule is O=C(NC(CCc1ccccc1)c1nn[nH]n1)c1ccc2nc(-c3ccncc3)[nH]c2c1. The zero-order chi connectivity index (χ0) is 21.8. The van der Waals surface area contributed by atoms with Crippen LogP contribution >= 0.6 is 0 Å². The number of amides is 1. The summed E-state index contributed by atoms with van der Waals surface area (Å²) in [5.74, 6) is 0.971. The number of nitrogens with zero attached hydrogens (tertiary/aromatic N) is 5. The Kier molecular flexibility index (Phi) is 5.36. The molecule has 0 fully saturated rings. The summed E-state index contributed by atoms with van der Waals surface area (Å²) in [6, 6.07) is 18.9. The van der Waals surface area contributed by atoms with E-state index in [9.17, 15) is 4.79 Å². The number of pyridine rings is 1. The number of carbonyl (C=O) groups excluding carboxylic acids is 1. The standard InChI is InChI=1S/C23H20N8O/c32-23(27-19(22-28-30-31-29-22)8-6-15-4-2-1-3-5-15)17-7-9-18-20(14-17)26-21(25-18)16-10-12-24-13-11-16/h1-5,7,9-14,19H,6,8H2,(H,25,26)(H,27,32)(H,28,29,30,31). The van der Waals surface area contributed by atoms with Gasteiger partial charge in [0.1, 0.15) is 5.82 Å². The van der Waals surface area contributed by atoms with Crippen molar-refractivity contribution in [3.05, 3.63) is 90.0 Å². The normalized spacial score (nSPS) is 12.0. The van der Waals surface area contributed by atoms with Gasteiger partial charge in [-0.2, -0.15) is 5.21 Å². The van der Waals surface area contributed by atoms with Crippen LogP contribution in [0.2, 0.25) is 0 Å². The highest BCUT2D eigenvalue weighted by atomic mass is 16.1. The maximum Gasteiger partial charge on any atom is 0.251 e. The van der Waals surface area contributed by atoms with Crippen LogP contribution in [0.5, 0.6) is 0 Å². The average Bonchev–Trinajstić information content (AvgIpc) is 3.52. The summed E-state index contributed by atoms with van der Waals surface area (Å²) in [7, 11) is 0. The molecule has 3 heterocycles. The van der Waals surface area contributed by atoms with Crippen LogP contribution in [0.25, 0.3) is 22.4 Å². The number of imidazole rings is 1. The summed E-state index contributed by atoms with van der Waals surface area (Å²) in [6.07, 6.45) is 4.85. The summed E-state index contributed by atoms with van der Waals surface area (Å²) >= 11 is 0. The minimum atomic E-state index is -0.369. The number of aromatic nitrogens is 7. The Morgan fingerprint density at radius 1 is 1.03 bits per heavy atom. The Bertz CT molecular complexity index is 1320. The molecule has 1 amide bonds. The molecule has 0 saturated carbocycles. The van der Waals surface area contributed by atoms with Crippen LogP contribution in [0.3, 0.4) is 0 Å². The fourth-order valence-electron chi connectivity index (χ4n) is 3.58. The first-order valence-electron chi connectivity index (χ1n) is 10.2. The maximum atomic E-state index is 13.0. The first-order valence-corrected chi connectivity index (χ1v) is 10.2. The van der Waals surface area contributed by atoms with Gasteiger partial charge in [-0.3, -0.25) is 9.78 Å². The van der Waals surface area contributed by atoms with E-state index in [1.54, 1.807) is 24.5 Å². The third kappa shape index (κ3) is 4.22. The molecule has 5 rings (SSSR count). The molecule has 9 nitrogen and oxygen atoms in total. The van der Waals surface area contributed by atoms with Gasteiger partial charge >= 0.3 is 0 Å². The lowest BCUT2D eigenvalue weighted by Gasteiger charge is -2.15. The van der Waals surface area contributed by atoms with E-state index >= 15 is 0 Å². The van der Waals surface area contributed by atoms with E-state index < -0.39 is 0 Å². The Morgan fingerprint density at radius 3 is 2.66 bits per heavy atom. The van der Waals surface area contributed by atoms with Gasteiger partial charge in [-0.15, -0.1) is 10.2 Å². The zero-order valence-corrected chi connectivity index (χ0v) is 17.1. The Hall–Kier alpha value is -4.40. The van der Waals surface area contributed by atoms with Crippen molar-refractivity contribution in [2.75, 3.05) is 0 Å². The monoisotopic (exact) mass is 424 g/mol. The van der Waals surface area contributed by atoms with Crippen molar-refractivity contribution < 1.29 is 4.79 Å². The lowest BCUT2D eigenvalue weighted by molar-refractivity contribution is 0.0933. The molecule has 0 aliphatic rings. The van der Waals surface area contributed by atoms with Gasteiger partial charge in [0.2, 0.25) is 0 Å². The van der Waals surface area contributed by atoms with Gasteiger partial charge in [-0.05, 0) is 48.7 Å². The number of benzene rings is 2. The molecule has 5 aromatic rings. The number of tetrazole rings is 1. The Labute approximate surface area is 183 Å². The Balaban J connectivity index is 1.35. The number of aromatic amines is 2. The van der Waals surface area contributed by atoms with Crippen LogP contribution in [0.15, 0.2) is 73.1 Å². The van der Waals surface area contributed by atoms with E-state index in [2.05, 4.69) is 53.0 Å². The van der Waals surface area contributed by atoms with Crippen molar-refractivity contribution >= 4 is 16.9 Å². The van der Waals surface area contributed by atoms with E-state index in [4.69, 9.17) is 0 Å². The molecule has 0 bridgehead atoms. The number of nitrogens with one attached hydrogen (secondary N) is 3.